The maximum Gasteiger partial charge on any atom is 0.416 e. The van der Waals surface area contributed by atoms with Gasteiger partial charge in [0, 0.05) is 5.56 Å². The summed E-state index contributed by atoms with van der Waals surface area (Å²) in [5.41, 5.74) is 1.75. The second kappa shape index (κ2) is 8.71. The summed E-state index contributed by atoms with van der Waals surface area (Å²) in [6.07, 6.45) is -4.48. The van der Waals surface area contributed by atoms with Gasteiger partial charge in [0.15, 0.2) is 0 Å². The van der Waals surface area contributed by atoms with E-state index in [9.17, 15) is 18.0 Å². The van der Waals surface area contributed by atoms with E-state index in [0.29, 0.717) is 28.0 Å². The van der Waals surface area contributed by atoms with Crippen LogP contribution in [0.5, 0.6) is 5.75 Å². The van der Waals surface area contributed by atoms with E-state index < -0.39 is 11.7 Å². The third kappa shape index (κ3) is 4.34. The Morgan fingerprint density at radius 1 is 1.00 bits per heavy atom. The van der Waals surface area contributed by atoms with Crippen molar-refractivity contribution < 1.29 is 23.0 Å². The highest BCUT2D eigenvalue weighted by molar-refractivity contribution is 5.80. The van der Waals surface area contributed by atoms with Gasteiger partial charge in [0.25, 0.3) is 5.56 Å². The van der Waals surface area contributed by atoms with Crippen LogP contribution in [0.3, 0.4) is 0 Å². The van der Waals surface area contributed by atoms with Crippen LogP contribution < -0.4 is 10.3 Å². The van der Waals surface area contributed by atoms with Crippen molar-refractivity contribution in [3.8, 4) is 22.8 Å². The first-order chi connectivity index (χ1) is 15.7. The van der Waals surface area contributed by atoms with Crippen LogP contribution in [0, 0.1) is 13.8 Å². The minimum atomic E-state index is -4.48. The Hall–Kier alpha value is -3.65. The molecule has 33 heavy (non-hydrogen) atoms. The second-order valence-corrected chi connectivity index (χ2v) is 7.65. The highest BCUT2D eigenvalue weighted by atomic mass is 19.4. The van der Waals surface area contributed by atoms with Crippen LogP contribution in [0.15, 0.2) is 65.5 Å². The molecule has 0 aliphatic carbocycles. The van der Waals surface area contributed by atoms with E-state index in [-0.39, 0.29) is 24.5 Å². The molecule has 0 bridgehead atoms. The number of benzene rings is 3. The zero-order valence-corrected chi connectivity index (χ0v) is 18.0. The largest absolute Gasteiger partial charge is 0.491 e. The molecule has 170 valence electrons. The Morgan fingerprint density at radius 3 is 2.24 bits per heavy atom. The summed E-state index contributed by atoms with van der Waals surface area (Å²) in [6, 6.07) is 14.9. The number of halogens is 3. The maximum absolute atomic E-state index is 13.4. The van der Waals surface area contributed by atoms with Gasteiger partial charge in [-0.05, 0) is 73.5 Å². The molecule has 0 atom stereocenters. The molecule has 3 aromatic carbocycles. The van der Waals surface area contributed by atoms with Gasteiger partial charge in [-0.25, -0.2) is 4.98 Å². The van der Waals surface area contributed by atoms with E-state index in [0.717, 1.165) is 23.3 Å². The van der Waals surface area contributed by atoms with Crippen LogP contribution >= 0.6 is 0 Å². The zero-order chi connectivity index (χ0) is 23.8. The molecule has 5 nitrogen and oxygen atoms in total. The lowest BCUT2D eigenvalue weighted by atomic mass is 10.0. The number of hydrogen-bond donors (Lipinski definition) is 1. The second-order valence-electron chi connectivity index (χ2n) is 7.65. The molecule has 0 saturated carbocycles. The number of hydrogen-bond acceptors (Lipinski definition) is 4. The van der Waals surface area contributed by atoms with Crippen molar-refractivity contribution in [2.24, 2.45) is 0 Å². The molecule has 0 radical (unpaired) electrons. The average molecular weight is 454 g/mol. The number of para-hydroxylation sites is 1. The summed E-state index contributed by atoms with van der Waals surface area (Å²) < 4.78 is 46.1. The van der Waals surface area contributed by atoms with E-state index in [1.165, 1.54) is 16.7 Å². The van der Waals surface area contributed by atoms with E-state index in [1.54, 1.807) is 36.4 Å². The van der Waals surface area contributed by atoms with Crippen molar-refractivity contribution in [1.29, 1.82) is 0 Å². The number of aromatic nitrogens is 2. The number of alkyl halides is 3. The van der Waals surface area contributed by atoms with Crippen molar-refractivity contribution in [3.63, 3.8) is 0 Å². The Bertz CT molecular complexity index is 1350. The van der Waals surface area contributed by atoms with E-state index in [2.05, 4.69) is 4.98 Å². The van der Waals surface area contributed by atoms with E-state index in [4.69, 9.17) is 9.84 Å². The number of aliphatic hydroxyl groups is 1. The SMILES string of the molecule is Cc1cc(-c2nc3ccccc3c(=O)n2-c2ccc(C(F)(F)F)cc2)cc(C)c1OCCO. The number of ether oxygens (including phenoxy) is 1. The fraction of sp³-hybridized carbons (Fsp3) is 0.200. The highest BCUT2D eigenvalue weighted by Crippen LogP contribution is 2.32. The summed E-state index contributed by atoms with van der Waals surface area (Å²) in [6.45, 7) is 3.70. The van der Waals surface area contributed by atoms with Crippen LogP contribution in [-0.2, 0) is 6.18 Å². The normalized spacial score (nSPS) is 11.7. The van der Waals surface area contributed by atoms with Gasteiger partial charge in [-0.15, -0.1) is 0 Å². The molecule has 1 aromatic heterocycles. The molecule has 0 spiro atoms. The topological polar surface area (TPSA) is 64.4 Å². The van der Waals surface area contributed by atoms with Gasteiger partial charge in [-0.2, -0.15) is 13.2 Å². The number of aliphatic hydroxyl groups excluding tert-OH is 1. The average Bonchev–Trinajstić information content (AvgIpc) is 2.78. The van der Waals surface area contributed by atoms with Crippen LogP contribution in [0.25, 0.3) is 28.0 Å². The highest BCUT2D eigenvalue weighted by Gasteiger charge is 2.30. The molecule has 0 unspecified atom stereocenters. The molecule has 0 aliphatic heterocycles. The summed E-state index contributed by atoms with van der Waals surface area (Å²) in [5, 5.41) is 9.42. The van der Waals surface area contributed by atoms with Gasteiger partial charge < -0.3 is 9.84 Å². The van der Waals surface area contributed by atoms with Crippen molar-refractivity contribution in [2.75, 3.05) is 13.2 Å². The number of nitrogens with zero attached hydrogens (tertiary/aromatic N) is 2. The monoisotopic (exact) mass is 454 g/mol. The minimum Gasteiger partial charge on any atom is -0.491 e. The summed E-state index contributed by atoms with van der Waals surface area (Å²) >= 11 is 0. The van der Waals surface area contributed by atoms with Gasteiger partial charge in [-0.3, -0.25) is 9.36 Å². The Kier molecular flexibility index (Phi) is 5.95. The standard InChI is InChI=1S/C25H21F3N2O3/c1-15-13-17(14-16(2)22(15)33-12-11-31)23-29-21-6-4-3-5-20(21)24(32)30(23)19-9-7-18(8-10-19)25(26,27)28/h3-10,13-14,31H,11-12H2,1-2H3. The molecule has 0 aliphatic rings. The smallest absolute Gasteiger partial charge is 0.416 e. The van der Waals surface area contributed by atoms with Crippen LogP contribution in [0.1, 0.15) is 16.7 Å². The number of fused-ring (bicyclic) bond motifs is 1. The Morgan fingerprint density at radius 2 is 1.64 bits per heavy atom. The molecule has 8 heteroatoms. The maximum atomic E-state index is 13.4. The fourth-order valence-electron chi connectivity index (χ4n) is 3.82. The molecule has 1 heterocycles. The lowest BCUT2D eigenvalue weighted by molar-refractivity contribution is -0.137. The van der Waals surface area contributed by atoms with Gasteiger partial charge in [0.2, 0.25) is 0 Å². The first-order valence-corrected chi connectivity index (χ1v) is 10.3. The van der Waals surface area contributed by atoms with Crippen LogP contribution in [0.4, 0.5) is 13.2 Å². The molecule has 0 saturated heterocycles. The quantitative estimate of drug-likeness (QED) is 0.458. The minimum absolute atomic E-state index is 0.125. The van der Waals surface area contributed by atoms with Crippen molar-refractivity contribution in [3.05, 3.63) is 87.7 Å². The number of aryl methyl sites for hydroxylation is 2. The lowest BCUT2D eigenvalue weighted by Gasteiger charge is -2.17. The molecule has 0 amide bonds. The van der Waals surface area contributed by atoms with Crippen LogP contribution in [0.2, 0.25) is 0 Å². The van der Waals surface area contributed by atoms with Gasteiger partial charge in [0.1, 0.15) is 18.2 Å². The summed E-state index contributed by atoms with van der Waals surface area (Å²) in [7, 11) is 0. The Labute approximate surface area is 187 Å². The molecular weight excluding hydrogens is 433 g/mol. The first-order valence-electron chi connectivity index (χ1n) is 10.3. The molecule has 4 aromatic rings. The van der Waals surface area contributed by atoms with Crippen molar-refractivity contribution in [1.82, 2.24) is 9.55 Å². The van der Waals surface area contributed by atoms with Crippen molar-refractivity contribution >= 4 is 10.9 Å². The predicted octanol–water partition coefficient (Wildman–Crippen LogP) is 5.06. The summed E-state index contributed by atoms with van der Waals surface area (Å²) in [4.78, 5) is 18.1. The van der Waals surface area contributed by atoms with Gasteiger partial charge in [-0.1, -0.05) is 12.1 Å². The predicted molar refractivity (Wildman–Crippen MR) is 120 cm³/mol. The summed E-state index contributed by atoms with van der Waals surface area (Å²) in [5.74, 6) is 0.926. The van der Waals surface area contributed by atoms with E-state index in [1.807, 2.05) is 13.8 Å². The lowest BCUT2D eigenvalue weighted by Crippen LogP contribution is -2.22. The fourth-order valence-corrected chi connectivity index (χ4v) is 3.82. The molecular formula is C25H21F3N2O3. The molecule has 1 N–H and O–H groups in total. The zero-order valence-electron chi connectivity index (χ0n) is 18.0. The van der Waals surface area contributed by atoms with Gasteiger partial charge >= 0.3 is 6.18 Å². The molecule has 4 rings (SSSR count). The third-order valence-electron chi connectivity index (χ3n) is 5.28. The van der Waals surface area contributed by atoms with E-state index >= 15 is 0 Å². The molecule has 0 fully saturated rings. The third-order valence-corrected chi connectivity index (χ3v) is 5.28. The Balaban J connectivity index is 1.96. The van der Waals surface area contributed by atoms with Crippen LogP contribution in [-0.4, -0.2) is 27.9 Å². The van der Waals surface area contributed by atoms with Crippen molar-refractivity contribution in [2.45, 2.75) is 20.0 Å². The van der Waals surface area contributed by atoms with Gasteiger partial charge in [0.05, 0.1) is 28.8 Å². The number of rotatable bonds is 5. The first kappa shape index (κ1) is 22.5.